The highest BCUT2D eigenvalue weighted by Crippen LogP contribution is 2.19. The Morgan fingerprint density at radius 1 is 1.37 bits per heavy atom. The monoisotopic (exact) mass is 327 g/mol. The second-order valence-electron chi connectivity index (χ2n) is 4.29. The van der Waals surface area contributed by atoms with Gasteiger partial charge in [-0.3, -0.25) is 4.79 Å². The number of aromatic nitrogens is 1. The molecule has 112 valence electrons. The maximum atomic E-state index is 11.3. The molecule has 2 N–H and O–H groups in total. The molecule has 0 bridgehead atoms. The lowest BCUT2D eigenvalue weighted by molar-refractivity contribution is -0.120. The molecule has 0 aliphatic heterocycles. The first kappa shape index (κ1) is 20.9. The van der Waals surface area contributed by atoms with E-state index in [2.05, 4.69) is 34.8 Å². The highest BCUT2D eigenvalue weighted by molar-refractivity contribution is 7.09. The zero-order valence-corrected chi connectivity index (χ0v) is 14.0. The molecule has 0 fully saturated rings. The van der Waals surface area contributed by atoms with Crippen molar-refractivity contribution in [1.82, 2.24) is 15.6 Å². The van der Waals surface area contributed by atoms with E-state index in [-0.39, 0.29) is 30.7 Å². The molecule has 4 nitrogen and oxygen atoms in total. The lowest BCUT2D eigenvalue weighted by Crippen LogP contribution is -2.28. The van der Waals surface area contributed by atoms with Crippen molar-refractivity contribution in [2.24, 2.45) is 0 Å². The number of nitrogens with one attached hydrogen (secondary N) is 2. The highest BCUT2D eigenvalue weighted by atomic mass is 35.5. The normalized spacial score (nSPS) is 9.68. The van der Waals surface area contributed by atoms with Crippen molar-refractivity contribution >= 4 is 42.1 Å². The summed E-state index contributed by atoms with van der Waals surface area (Å²) < 4.78 is 0. The molecule has 0 aliphatic carbocycles. The standard InChI is InChI=1S/C12H21N3OS.2ClH/c1-9(2)12-15-10(8-17-12)4-7-14-11(16)5-6-13-3;;/h8-9,13H,4-7H2,1-3H3,(H,14,16);2*1H. The van der Waals surface area contributed by atoms with Gasteiger partial charge in [-0.15, -0.1) is 36.2 Å². The van der Waals surface area contributed by atoms with Crippen LogP contribution in [-0.2, 0) is 11.2 Å². The third-order valence-corrected chi connectivity index (χ3v) is 3.56. The van der Waals surface area contributed by atoms with Crippen LogP contribution in [0.5, 0.6) is 0 Å². The molecule has 0 saturated carbocycles. The molecular formula is C12H23Cl2N3OS. The number of hydrogen-bond donors (Lipinski definition) is 2. The van der Waals surface area contributed by atoms with Crippen molar-refractivity contribution in [3.8, 4) is 0 Å². The summed E-state index contributed by atoms with van der Waals surface area (Å²) in [7, 11) is 1.84. The fourth-order valence-corrected chi connectivity index (χ4v) is 2.23. The maximum absolute atomic E-state index is 11.3. The van der Waals surface area contributed by atoms with E-state index in [1.807, 2.05) is 7.05 Å². The number of nitrogens with zero attached hydrogens (tertiary/aromatic N) is 1. The van der Waals surface area contributed by atoms with E-state index in [1.54, 1.807) is 11.3 Å². The zero-order chi connectivity index (χ0) is 12.7. The predicted molar refractivity (Wildman–Crippen MR) is 86.0 cm³/mol. The van der Waals surface area contributed by atoms with E-state index < -0.39 is 0 Å². The Hall–Kier alpha value is -0.360. The van der Waals surface area contributed by atoms with Crippen LogP contribution >= 0.6 is 36.2 Å². The minimum atomic E-state index is 0. The van der Waals surface area contributed by atoms with Gasteiger partial charge in [-0.1, -0.05) is 13.8 Å². The van der Waals surface area contributed by atoms with Crippen LogP contribution in [0, 0.1) is 0 Å². The lowest BCUT2D eigenvalue weighted by atomic mass is 10.2. The zero-order valence-electron chi connectivity index (χ0n) is 11.6. The van der Waals surface area contributed by atoms with Crippen LogP contribution in [0.1, 0.15) is 36.9 Å². The predicted octanol–water partition coefficient (Wildman–Crippen LogP) is 2.38. The van der Waals surface area contributed by atoms with Crippen molar-refractivity contribution in [3.05, 3.63) is 16.1 Å². The van der Waals surface area contributed by atoms with Crippen LogP contribution in [0.25, 0.3) is 0 Å². The van der Waals surface area contributed by atoms with Gasteiger partial charge in [0.05, 0.1) is 10.7 Å². The summed E-state index contributed by atoms with van der Waals surface area (Å²) in [5, 5.41) is 9.09. The van der Waals surface area contributed by atoms with E-state index in [0.29, 0.717) is 18.9 Å². The molecular weight excluding hydrogens is 305 g/mol. The Kier molecular flexibility index (Phi) is 12.6. The average molecular weight is 328 g/mol. The van der Waals surface area contributed by atoms with E-state index in [0.717, 1.165) is 18.7 Å². The van der Waals surface area contributed by atoms with Crippen molar-refractivity contribution in [2.45, 2.75) is 32.6 Å². The topological polar surface area (TPSA) is 54.0 Å². The van der Waals surface area contributed by atoms with Crippen molar-refractivity contribution < 1.29 is 4.79 Å². The van der Waals surface area contributed by atoms with Crippen LogP contribution in [0.3, 0.4) is 0 Å². The van der Waals surface area contributed by atoms with Crippen molar-refractivity contribution in [2.75, 3.05) is 20.1 Å². The Morgan fingerprint density at radius 2 is 2.05 bits per heavy atom. The van der Waals surface area contributed by atoms with Gasteiger partial charge in [-0.05, 0) is 7.05 Å². The summed E-state index contributed by atoms with van der Waals surface area (Å²) in [5.41, 5.74) is 1.08. The Bertz CT molecular complexity index is 358. The summed E-state index contributed by atoms with van der Waals surface area (Å²) in [4.78, 5) is 15.9. The van der Waals surface area contributed by atoms with Gasteiger partial charge < -0.3 is 10.6 Å². The molecule has 0 spiro atoms. The molecule has 0 radical (unpaired) electrons. The summed E-state index contributed by atoms with van der Waals surface area (Å²) in [5.74, 6) is 0.581. The molecule has 0 unspecified atom stereocenters. The van der Waals surface area contributed by atoms with Crippen molar-refractivity contribution in [1.29, 1.82) is 0 Å². The fraction of sp³-hybridized carbons (Fsp3) is 0.667. The Morgan fingerprint density at radius 3 is 2.58 bits per heavy atom. The van der Waals surface area contributed by atoms with Gasteiger partial charge in [0.1, 0.15) is 0 Å². The fourth-order valence-electron chi connectivity index (χ4n) is 1.36. The van der Waals surface area contributed by atoms with Gasteiger partial charge in [0.2, 0.25) is 5.91 Å². The van der Waals surface area contributed by atoms with Gasteiger partial charge in [0, 0.05) is 37.2 Å². The molecule has 1 amide bonds. The second kappa shape index (κ2) is 11.5. The minimum absolute atomic E-state index is 0. The van der Waals surface area contributed by atoms with Gasteiger partial charge in [0.15, 0.2) is 0 Å². The van der Waals surface area contributed by atoms with E-state index >= 15 is 0 Å². The number of hydrogen-bond acceptors (Lipinski definition) is 4. The Balaban J connectivity index is 0. The van der Waals surface area contributed by atoms with E-state index in [9.17, 15) is 4.79 Å². The molecule has 7 heteroatoms. The molecule has 19 heavy (non-hydrogen) atoms. The maximum Gasteiger partial charge on any atom is 0.221 e. The first-order valence-electron chi connectivity index (χ1n) is 5.99. The van der Waals surface area contributed by atoms with Crippen LogP contribution in [0.2, 0.25) is 0 Å². The van der Waals surface area contributed by atoms with Crippen LogP contribution < -0.4 is 10.6 Å². The smallest absolute Gasteiger partial charge is 0.221 e. The summed E-state index contributed by atoms with van der Waals surface area (Å²) in [6, 6.07) is 0. The highest BCUT2D eigenvalue weighted by Gasteiger charge is 2.06. The first-order valence-corrected chi connectivity index (χ1v) is 6.87. The van der Waals surface area contributed by atoms with Crippen LogP contribution in [-0.4, -0.2) is 31.0 Å². The lowest BCUT2D eigenvalue weighted by Gasteiger charge is -2.03. The molecule has 0 aromatic carbocycles. The summed E-state index contributed by atoms with van der Waals surface area (Å²) in [6.45, 7) is 5.67. The van der Waals surface area contributed by atoms with Gasteiger partial charge in [0.25, 0.3) is 0 Å². The SMILES string of the molecule is CNCCC(=O)NCCc1csc(C(C)C)n1.Cl.Cl. The number of carbonyl (C=O) groups excluding carboxylic acids is 1. The molecule has 1 aromatic heterocycles. The average Bonchev–Trinajstić information content (AvgIpc) is 2.75. The number of thiazole rings is 1. The molecule has 1 heterocycles. The molecule has 0 saturated heterocycles. The van der Waals surface area contributed by atoms with Gasteiger partial charge in [-0.2, -0.15) is 0 Å². The molecule has 0 atom stereocenters. The first-order chi connectivity index (χ1) is 8.13. The number of rotatable bonds is 7. The van der Waals surface area contributed by atoms with Crippen LogP contribution in [0.4, 0.5) is 0 Å². The van der Waals surface area contributed by atoms with Crippen LogP contribution in [0.15, 0.2) is 5.38 Å². The number of amides is 1. The Labute approximate surface area is 131 Å². The molecule has 1 aromatic rings. The number of halogens is 2. The minimum Gasteiger partial charge on any atom is -0.356 e. The summed E-state index contributed by atoms with van der Waals surface area (Å²) >= 11 is 1.70. The van der Waals surface area contributed by atoms with E-state index in [4.69, 9.17) is 0 Å². The van der Waals surface area contributed by atoms with Gasteiger partial charge in [-0.25, -0.2) is 4.98 Å². The van der Waals surface area contributed by atoms with Crippen molar-refractivity contribution in [3.63, 3.8) is 0 Å². The molecule has 0 aliphatic rings. The second-order valence-corrected chi connectivity index (χ2v) is 5.17. The quantitative estimate of drug-likeness (QED) is 0.808. The third-order valence-electron chi connectivity index (χ3n) is 2.37. The largest absolute Gasteiger partial charge is 0.356 e. The molecule has 1 rings (SSSR count). The van der Waals surface area contributed by atoms with Gasteiger partial charge >= 0.3 is 0 Å². The number of carbonyl (C=O) groups is 1. The van der Waals surface area contributed by atoms with E-state index in [1.165, 1.54) is 5.01 Å². The summed E-state index contributed by atoms with van der Waals surface area (Å²) in [6.07, 6.45) is 1.35. The third kappa shape index (κ3) is 8.42.